The van der Waals surface area contributed by atoms with Gasteiger partial charge in [0.25, 0.3) is 0 Å². The van der Waals surface area contributed by atoms with Crippen LogP contribution < -0.4 is 5.32 Å². The number of likely N-dealkylation sites (N-methyl/N-ethyl adjacent to an activating group) is 1. The fourth-order valence-electron chi connectivity index (χ4n) is 1.54. The Morgan fingerprint density at radius 1 is 1.62 bits per heavy atom. The second kappa shape index (κ2) is 5.52. The molecular formula is C9H19FN2O. The molecule has 0 saturated carbocycles. The second-order valence-electron chi connectivity index (χ2n) is 3.58. The number of hydrogen-bond donors (Lipinski definition) is 1. The van der Waals surface area contributed by atoms with E-state index in [-0.39, 0.29) is 6.10 Å². The van der Waals surface area contributed by atoms with Crippen LogP contribution in [0.3, 0.4) is 0 Å². The number of piperidine rings is 1. The molecule has 4 heteroatoms. The van der Waals surface area contributed by atoms with E-state index in [0.29, 0.717) is 13.2 Å². The number of halogens is 1. The minimum absolute atomic E-state index is 0.190. The Balaban J connectivity index is 2.18. The lowest BCUT2D eigenvalue weighted by Crippen LogP contribution is -2.44. The Kier molecular flexibility index (Phi) is 4.62. The molecular weight excluding hydrogens is 171 g/mol. The van der Waals surface area contributed by atoms with Gasteiger partial charge in [-0.3, -0.25) is 0 Å². The normalized spacial score (nSPS) is 30.7. The summed E-state index contributed by atoms with van der Waals surface area (Å²) in [6, 6.07) is 0. The number of rotatable bonds is 4. The van der Waals surface area contributed by atoms with E-state index in [2.05, 4.69) is 5.32 Å². The maximum absolute atomic E-state index is 13.3. The van der Waals surface area contributed by atoms with Crippen molar-refractivity contribution in [1.29, 1.82) is 0 Å². The average Bonchev–Trinajstić information content (AvgIpc) is 2.09. The zero-order valence-corrected chi connectivity index (χ0v) is 8.42. The molecule has 0 aromatic carbocycles. The molecule has 0 aromatic heterocycles. The predicted octanol–water partition coefficient (Wildman–Crippen LogP) is 0.265. The summed E-state index contributed by atoms with van der Waals surface area (Å²) >= 11 is 0. The number of nitrogens with zero attached hydrogens (tertiary/aromatic N) is 1. The smallest absolute Gasteiger partial charge is 0.139 e. The molecule has 0 bridgehead atoms. The molecule has 2 unspecified atom stereocenters. The summed E-state index contributed by atoms with van der Waals surface area (Å²) in [6.45, 7) is 2.83. The van der Waals surface area contributed by atoms with Crippen molar-refractivity contribution in [3.05, 3.63) is 0 Å². The van der Waals surface area contributed by atoms with Gasteiger partial charge in [-0.1, -0.05) is 0 Å². The van der Waals surface area contributed by atoms with Crippen molar-refractivity contribution < 1.29 is 9.13 Å². The number of nitrogens with one attached hydrogen (secondary N) is 1. The monoisotopic (exact) mass is 190 g/mol. The molecule has 1 N–H and O–H groups in total. The van der Waals surface area contributed by atoms with Crippen molar-refractivity contribution >= 4 is 0 Å². The Bertz CT molecular complexity index is 146. The van der Waals surface area contributed by atoms with Crippen LogP contribution in [0.4, 0.5) is 4.39 Å². The Morgan fingerprint density at radius 2 is 2.38 bits per heavy atom. The lowest BCUT2D eigenvalue weighted by molar-refractivity contribution is -0.0393. The molecule has 0 radical (unpaired) electrons. The van der Waals surface area contributed by atoms with E-state index in [1.807, 2.05) is 19.0 Å². The van der Waals surface area contributed by atoms with Gasteiger partial charge in [0.1, 0.15) is 6.17 Å². The van der Waals surface area contributed by atoms with Crippen LogP contribution in [0.1, 0.15) is 6.42 Å². The fourth-order valence-corrected chi connectivity index (χ4v) is 1.54. The third kappa shape index (κ3) is 3.58. The molecule has 1 fully saturated rings. The SMILES string of the molecule is CNCCOC1CCN(C)CC1F. The van der Waals surface area contributed by atoms with Crippen LogP contribution in [-0.4, -0.2) is 57.5 Å². The zero-order chi connectivity index (χ0) is 9.68. The third-order valence-electron chi connectivity index (χ3n) is 2.37. The van der Waals surface area contributed by atoms with Crippen molar-refractivity contribution in [3.63, 3.8) is 0 Å². The molecule has 1 rings (SSSR count). The highest BCUT2D eigenvalue weighted by atomic mass is 19.1. The highest BCUT2D eigenvalue weighted by Crippen LogP contribution is 2.15. The molecule has 0 aromatic rings. The molecule has 78 valence electrons. The lowest BCUT2D eigenvalue weighted by atomic mass is 10.1. The van der Waals surface area contributed by atoms with Gasteiger partial charge in [0, 0.05) is 19.6 Å². The number of hydrogen-bond acceptors (Lipinski definition) is 3. The molecule has 13 heavy (non-hydrogen) atoms. The van der Waals surface area contributed by atoms with E-state index >= 15 is 0 Å². The van der Waals surface area contributed by atoms with Gasteiger partial charge in [-0.15, -0.1) is 0 Å². The molecule has 1 aliphatic heterocycles. The molecule has 1 heterocycles. The Hall–Kier alpha value is -0.190. The first kappa shape index (κ1) is 10.9. The second-order valence-corrected chi connectivity index (χ2v) is 3.58. The van der Waals surface area contributed by atoms with Crippen molar-refractivity contribution in [2.75, 3.05) is 40.3 Å². The van der Waals surface area contributed by atoms with Crippen LogP contribution in [0.15, 0.2) is 0 Å². The van der Waals surface area contributed by atoms with E-state index in [4.69, 9.17) is 4.74 Å². The summed E-state index contributed by atoms with van der Waals surface area (Å²) in [5.74, 6) is 0. The molecule has 0 amide bonds. The van der Waals surface area contributed by atoms with Crippen LogP contribution in [0.25, 0.3) is 0 Å². The fraction of sp³-hybridized carbons (Fsp3) is 1.00. The quantitative estimate of drug-likeness (QED) is 0.644. The topological polar surface area (TPSA) is 24.5 Å². The molecule has 3 nitrogen and oxygen atoms in total. The number of alkyl halides is 1. The van der Waals surface area contributed by atoms with E-state index in [1.165, 1.54) is 0 Å². The van der Waals surface area contributed by atoms with Gasteiger partial charge in [-0.2, -0.15) is 0 Å². The zero-order valence-electron chi connectivity index (χ0n) is 8.42. The first-order valence-electron chi connectivity index (χ1n) is 4.83. The van der Waals surface area contributed by atoms with Crippen LogP contribution in [0, 0.1) is 0 Å². The summed E-state index contributed by atoms with van der Waals surface area (Å²) in [6.07, 6.45) is -0.207. The van der Waals surface area contributed by atoms with Gasteiger partial charge in [0.2, 0.25) is 0 Å². The van der Waals surface area contributed by atoms with Crippen molar-refractivity contribution in [1.82, 2.24) is 10.2 Å². The highest BCUT2D eigenvalue weighted by molar-refractivity contribution is 4.79. The van der Waals surface area contributed by atoms with E-state index in [1.54, 1.807) is 0 Å². The average molecular weight is 190 g/mol. The van der Waals surface area contributed by atoms with Crippen molar-refractivity contribution in [2.45, 2.75) is 18.7 Å². The first-order chi connectivity index (χ1) is 6.24. The van der Waals surface area contributed by atoms with E-state index in [0.717, 1.165) is 19.5 Å². The molecule has 1 aliphatic rings. The number of likely N-dealkylation sites (tertiary alicyclic amines) is 1. The molecule has 1 saturated heterocycles. The van der Waals surface area contributed by atoms with Crippen molar-refractivity contribution in [3.8, 4) is 0 Å². The summed E-state index contributed by atoms with van der Waals surface area (Å²) < 4.78 is 18.8. The number of ether oxygens (including phenoxy) is 1. The van der Waals surface area contributed by atoms with E-state index < -0.39 is 6.17 Å². The minimum Gasteiger partial charge on any atom is -0.374 e. The van der Waals surface area contributed by atoms with Gasteiger partial charge in [-0.05, 0) is 20.5 Å². The standard InChI is InChI=1S/C9H19FN2O/c1-11-4-6-13-9-3-5-12(2)7-8(9)10/h8-9,11H,3-7H2,1-2H3. The molecule has 0 spiro atoms. The Labute approximate surface area is 79.2 Å². The predicted molar refractivity (Wildman–Crippen MR) is 50.7 cm³/mol. The largest absolute Gasteiger partial charge is 0.374 e. The molecule has 2 atom stereocenters. The summed E-state index contributed by atoms with van der Waals surface area (Å²) in [4.78, 5) is 2.00. The maximum Gasteiger partial charge on any atom is 0.139 e. The van der Waals surface area contributed by atoms with Crippen LogP contribution in [0.2, 0.25) is 0 Å². The van der Waals surface area contributed by atoms with Crippen LogP contribution >= 0.6 is 0 Å². The van der Waals surface area contributed by atoms with Crippen LogP contribution in [0.5, 0.6) is 0 Å². The maximum atomic E-state index is 13.3. The lowest BCUT2D eigenvalue weighted by Gasteiger charge is -2.32. The summed E-state index contributed by atoms with van der Waals surface area (Å²) in [5.41, 5.74) is 0. The molecule has 0 aliphatic carbocycles. The van der Waals surface area contributed by atoms with Gasteiger partial charge < -0.3 is 15.0 Å². The van der Waals surface area contributed by atoms with Gasteiger partial charge >= 0.3 is 0 Å². The van der Waals surface area contributed by atoms with Gasteiger partial charge in [0.05, 0.1) is 12.7 Å². The highest BCUT2D eigenvalue weighted by Gasteiger charge is 2.27. The van der Waals surface area contributed by atoms with Gasteiger partial charge in [-0.25, -0.2) is 4.39 Å². The Morgan fingerprint density at radius 3 is 3.00 bits per heavy atom. The third-order valence-corrected chi connectivity index (χ3v) is 2.37. The summed E-state index contributed by atoms with van der Waals surface area (Å²) in [5, 5.41) is 2.97. The van der Waals surface area contributed by atoms with Gasteiger partial charge in [0.15, 0.2) is 0 Å². The minimum atomic E-state index is -0.824. The summed E-state index contributed by atoms with van der Waals surface area (Å²) in [7, 11) is 3.81. The van der Waals surface area contributed by atoms with Crippen molar-refractivity contribution in [2.24, 2.45) is 0 Å². The first-order valence-corrected chi connectivity index (χ1v) is 4.83. The van der Waals surface area contributed by atoms with Crippen LogP contribution in [-0.2, 0) is 4.74 Å². The van der Waals surface area contributed by atoms with E-state index in [9.17, 15) is 4.39 Å².